The molecule has 1 fully saturated rings. The topological polar surface area (TPSA) is 60.2 Å². The molecule has 1 saturated carbocycles. The molecule has 1 aliphatic carbocycles. The molecule has 0 amide bonds. The second-order valence-electron chi connectivity index (χ2n) is 4.39. The van der Waals surface area contributed by atoms with Crippen LogP contribution in [0.1, 0.15) is 19.3 Å². The number of nitrogen functional groups attached to an aromatic ring is 1. The fourth-order valence-electron chi connectivity index (χ4n) is 1.93. The molecule has 0 radical (unpaired) electrons. The standard InChI is InChI=1S/C11H13F2NO2S/c12-9-4-8(14)5-10(13)11(9)17(15,16)6-7-2-1-3-7/h4-5,7H,1-3,6,14H2. The molecule has 17 heavy (non-hydrogen) atoms. The van der Waals surface area contributed by atoms with Gasteiger partial charge in [-0.15, -0.1) is 0 Å². The van der Waals surface area contributed by atoms with Gasteiger partial charge in [0.2, 0.25) is 0 Å². The number of sulfone groups is 1. The molecule has 2 rings (SSSR count). The van der Waals surface area contributed by atoms with Crippen molar-refractivity contribution in [2.75, 3.05) is 11.5 Å². The van der Waals surface area contributed by atoms with Gasteiger partial charge in [0.1, 0.15) is 16.5 Å². The van der Waals surface area contributed by atoms with Crippen LogP contribution in [0.2, 0.25) is 0 Å². The first-order valence-electron chi connectivity index (χ1n) is 5.37. The van der Waals surface area contributed by atoms with Crippen LogP contribution in [-0.4, -0.2) is 14.2 Å². The first kappa shape index (κ1) is 12.3. The maximum atomic E-state index is 13.5. The summed E-state index contributed by atoms with van der Waals surface area (Å²) < 4.78 is 50.7. The minimum Gasteiger partial charge on any atom is -0.399 e. The molecule has 1 aromatic rings. The van der Waals surface area contributed by atoms with Crippen LogP contribution in [0.4, 0.5) is 14.5 Å². The minimum absolute atomic E-state index is 0.0244. The van der Waals surface area contributed by atoms with Gasteiger partial charge in [-0.25, -0.2) is 17.2 Å². The van der Waals surface area contributed by atoms with Gasteiger partial charge in [0.15, 0.2) is 9.84 Å². The van der Waals surface area contributed by atoms with Gasteiger partial charge >= 0.3 is 0 Å². The summed E-state index contributed by atoms with van der Waals surface area (Å²) in [5.74, 6) is -2.38. The van der Waals surface area contributed by atoms with Crippen LogP contribution in [0.25, 0.3) is 0 Å². The number of halogens is 2. The van der Waals surface area contributed by atoms with Gasteiger partial charge in [-0.05, 0) is 30.9 Å². The lowest BCUT2D eigenvalue weighted by molar-refractivity contribution is 0.346. The SMILES string of the molecule is Nc1cc(F)c(S(=O)(=O)CC2CCC2)c(F)c1. The van der Waals surface area contributed by atoms with E-state index in [-0.39, 0.29) is 17.4 Å². The van der Waals surface area contributed by atoms with Gasteiger partial charge in [0, 0.05) is 5.69 Å². The maximum Gasteiger partial charge on any atom is 0.184 e. The van der Waals surface area contributed by atoms with Crippen LogP contribution < -0.4 is 5.73 Å². The van der Waals surface area contributed by atoms with Gasteiger partial charge in [-0.2, -0.15) is 0 Å². The Kier molecular flexibility index (Phi) is 3.07. The van der Waals surface area contributed by atoms with E-state index in [1.54, 1.807) is 0 Å². The molecule has 2 N–H and O–H groups in total. The van der Waals surface area contributed by atoms with Crippen molar-refractivity contribution in [1.82, 2.24) is 0 Å². The van der Waals surface area contributed by atoms with Crippen molar-refractivity contribution < 1.29 is 17.2 Å². The molecule has 0 heterocycles. The van der Waals surface area contributed by atoms with Crippen LogP contribution >= 0.6 is 0 Å². The van der Waals surface area contributed by atoms with E-state index in [0.29, 0.717) is 0 Å². The lowest BCUT2D eigenvalue weighted by Gasteiger charge is -2.25. The molecule has 0 atom stereocenters. The van der Waals surface area contributed by atoms with Gasteiger partial charge < -0.3 is 5.73 Å². The van der Waals surface area contributed by atoms with Gasteiger partial charge in [0.25, 0.3) is 0 Å². The fraction of sp³-hybridized carbons (Fsp3) is 0.455. The molecule has 0 aromatic heterocycles. The molecule has 0 saturated heterocycles. The van der Waals surface area contributed by atoms with E-state index < -0.39 is 26.4 Å². The summed E-state index contributed by atoms with van der Waals surface area (Å²) in [6, 6.07) is 1.66. The van der Waals surface area contributed by atoms with Crippen LogP contribution in [0, 0.1) is 17.6 Å². The number of rotatable bonds is 3. The van der Waals surface area contributed by atoms with Crippen LogP contribution in [0.15, 0.2) is 17.0 Å². The first-order chi connectivity index (χ1) is 7.90. The van der Waals surface area contributed by atoms with Crippen molar-refractivity contribution >= 4 is 15.5 Å². The average Bonchev–Trinajstić information content (AvgIpc) is 2.09. The van der Waals surface area contributed by atoms with Gasteiger partial charge in [-0.3, -0.25) is 0 Å². The van der Waals surface area contributed by atoms with E-state index in [2.05, 4.69) is 0 Å². The van der Waals surface area contributed by atoms with E-state index >= 15 is 0 Å². The Labute approximate surface area is 98.5 Å². The number of anilines is 1. The zero-order valence-electron chi connectivity index (χ0n) is 9.12. The summed E-state index contributed by atoms with van der Waals surface area (Å²) in [6.45, 7) is 0. The predicted octanol–water partition coefficient (Wildman–Crippen LogP) is 2.12. The second kappa shape index (κ2) is 4.25. The molecule has 0 unspecified atom stereocenters. The van der Waals surface area contributed by atoms with Crippen molar-refractivity contribution in [1.29, 1.82) is 0 Å². The molecular formula is C11H13F2NO2S. The Morgan fingerprint density at radius 2 is 1.76 bits per heavy atom. The largest absolute Gasteiger partial charge is 0.399 e. The molecule has 6 heteroatoms. The third-order valence-electron chi connectivity index (χ3n) is 3.01. The highest BCUT2D eigenvalue weighted by Gasteiger charge is 2.30. The van der Waals surface area contributed by atoms with Gasteiger partial charge in [0.05, 0.1) is 5.75 Å². The lowest BCUT2D eigenvalue weighted by atomic mass is 9.87. The third kappa shape index (κ3) is 2.41. The molecule has 94 valence electrons. The molecule has 0 bridgehead atoms. The summed E-state index contributed by atoms with van der Waals surface area (Å²) in [5.41, 5.74) is 5.11. The maximum absolute atomic E-state index is 13.5. The number of hydrogen-bond acceptors (Lipinski definition) is 3. The second-order valence-corrected chi connectivity index (χ2v) is 6.36. The van der Waals surface area contributed by atoms with E-state index in [9.17, 15) is 17.2 Å². The van der Waals surface area contributed by atoms with Crippen LogP contribution in [0.3, 0.4) is 0 Å². The Morgan fingerprint density at radius 1 is 1.24 bits per heavy atom. The van der Waals surface area contributed by atoms with Crippen molar-refractivity contribution in [2.45, 2.75) is 24.2 Å². The monoisotopic (exact) mass is 261 g/mol. The number of nitrogens with two attached hydrogens (primary N) is 1. The number of benzene rings is 1. The predicted molar refractivity (Wildman–Crippen MR) is 60.2 cm³/mol. The summed E-state index contributed by atoms with van der Waals surface area (Å²) in [5, 5.41) is 0. The molecule has 3 nitrogen and oxygen atoms in total. The highest BCUT2D eigenvalue weighted by molar-refractivity contribution is 7.91. The normalized spacial score (nSPS) is 16.8. The summed E-state index contributed by atoms with van der Waals surface area (Å²) >= 11 is 0. The first-order valence-corrected chi connectivity index (χ1v) is 7.02. The van der Waals surface area contributed by atoms with Crippen molar-refractivity contribution in [3.8, 4) is 0 Å². The number of hydrogen-bond donors (Lipinski definition) is 1. The minimum atomic E-state index is -3.90. The van der Waals surface area contributed by atoms with Crippen LogP contribution in [0.5, 0.6) is 0 Å². The van der Waals surface area contributed by atoms with Crippen molar-refractivity contribution in [3.63, 3.8) is 0 Å². The summed E-state index contributed by atoms with van der Waals surface area (Å²) in [6.07, 6.45) is 2.59. The van der Waals surface area contributed by atoms with Crippen molar-refractivity contribution in [3.05, 3.63) is 23.8 Å². The highest BCUT2D eigenvalue weighted by Crippen LogP contribution is 2.31. The molecule has 0 aliphatic heterocycles. The molecule has 1 aliphatic rings. The van der Waals surface area contributed by atoms with Crippen molar-refractivity contribution in [2.24, 2.45) is 5.92 Å². The quantitative estimate of drug-likeness (QED) is 0.848. The van der Waals surface area contributed by atoms with Crippen LogP contribution in [-0.2, 0) is 9.84 Å². The molecular weight excluding hydrogens is 248 g/mol. The Hall–Kier alpha value is -1.17. The highest BCUT2D eigenvalue weighted by atomic mass is 32.2. The fourth-order valence-corrected chi connectivity index (χ4v) is 3.76. The molecule has 1 aromatic carbocycles. The third-order valence-corrected chi connectivity index (χ3v) is 4.93. The summed E-state index contributed by atoms with van der Waals surface area (Å²) in [7, 11) is -3.90. The Bertz CT molecular complexity index is 515. The van der Waals surface area contributed by atoms with E-state index in [1.165, 1.54) is 0 Å². The van der Waals surface area contributed by atoms with E-state index in [0.717, 1.165) is 31.4 Å². The Morgan fingerprint density at radius 3 is 2.18 bits per heavy atom. The molecule has 0 spiro atoms. The zero-order chi connectivity index (χ0) is 12.6. The van der Waals surface area contributed by atoms with E-state index in [4.69, 9.17) is 5.73 Å². The lowest BCUT2D eigenvalue weighted by Crippen LogP contribution is -2.23. The Balaban J connectivity index is 2.38. The average molecular weight is 261 g/mol. The van der Waals surface area contributed by atoms with Gasteiger partial charge in [-0.1, -0.05) is 6.42 Å². The summed E-state index contributed by atoms with van der Waals surface area (Å²) in [4.78, 5) is -0.849. The smallest absolute Gasteiger partial charge is 0.184 e. The van der Waals surface area contributed by atoms with E-state index in [1.807, 2.05) is 0 Å². The zero-order valence-corrected chi connectivity index (χ0v) is 9.93.